The Balaban J connectivity index is 2.09. The molecule has 1 aromatic rings. The first-order valence-electron chi connectivity index (χ1n) is 6.33. The van der Waals surface area contributed by atoms with Crippen LogP contribution in [0.1, 0.15) is 17.5 Å². The fourth-order valence-corrected chi connectivity index (χ4v) is 5.34. The molecule has 1 aromatic carbocycles. The van der Waals surface area contributed by atoms with Crippen LogP contribution in [-0.2, 0) is 16.3 Å². The summed E-state index contributed by atoms with van der Waals surface area (Å²) in [6, 6.07) is 8.36. The normalized spacial score (nSPS) is 24.0. The zero-order valence-corrected chi connectivity index (χ0v) is 13.0. The maximum Gasteiger partial charge on any atom is 0.150 e. The van der Waals surface area contributed by atoms with Gasteiger partial charge in [0.2, 0.25) is 0 Å². The molecule has 0 radical (unpaired) electrons. The number of hydrogen-bond donors (Lipinski definition) is 0. The van der Waals surface area contributed by atoms with Gasteiger partial charge < -0.3 is 0 Å². The van der Waals surface area contributed by atoms with Crippen LogP contribution in [0, 0.1) is 18.8 Å². The Morgan fingerprint density at radius 2 is 2.11 bits per heavy atom. The van der Waals surface area contributed by atoms with Crippen molar-refractivity contribution >= 4 is 25.8 Å². The van der Waals surface area contributed by atoms with Gasteiger partial charge in [-0.2, -0.15) is 0 Å². The highest BCUT2D eigenvalue weighted by Crippen LogP contribution is 2.30. The van der Waals surface area contributed by atoms with Crippen LogP contribution in [0.3, 0.4) is 0 Å². The van der Waals surface area contributed by atoms with Crippen LogP contribution >= 0.6 is 15.9 Å². The van der Waals surface area contributed by atoms with Crippen molar-refractivity contribution in [3.8, 4) is 0 Å². The average Bonchev–Trinajstić information content (AvgIpc) is 2.68. The minimum absolute atomic E-state index is 0.314. The van der Waals surface area contributed by atoms with Crippen molar-refractivity contribution in [3.63, 3.8) is 0 Å². The molecule has 2 nitrogen and oxygen atoms in total. The van der Waals surface area contributed by atoms with E-state index in [1.165, 1.54) is 11.1 Å². The second-order valence-corrected chi connectivity index (χ2v) is 8.08. The fraction of sp³-hybridized carbons (Fsp3) is 0.571. The molecule has 2 rings (SSSR count). The summed E-state index contributed by atoms with van der Waals surface area (Å²) in [4.78, 5) is 0. The van der Waals surface area contributed by atoms with Gasteiger partial charge in [-0.15, -0.1) is 0 Å². The average molecular weight is 331 g/mol. The number of benzene rings is 1. The maximum atomic E-state index is 11.6. The first-order valence-corrected chi connectivity index (χ1v) is 9.27. The van der Waals surface area contributed by atoms with Crippen molar-refractivity contribution in [2.75, 3.05) is 16.8 Å². The summed E-state index contributed by atoms with van der Waals surface area (Å²) >= 11 is 3.55. The Bertz CT molecular complexity index is 510. The lowest BCUT2D eigenvalue weighted by atomic mass is 9.87. The van der Waals surface area contributed by atoms with Crippen molar-refractivity contribution < 1.29 is 8.42 Å². The topological polar surface area (TPSA) is 34.1 Å². The van der Waals surface area contributed by atoms with E-state index in [-0.39, 0.29) is 0 Å². The van der Waals surface area contributed by atoms with Gasteiger partial charge in [-0.05, 0) is 42.7 Å². The second-order valence-electron chi connectivity index (χ2n) is 5.21. The van der Waals surface area contributed by atoms with Crippen molar-refractivity contribution in [2.24, 2.45) is 11.8 Å². The van der Waals surface area contributed by atoms with Gasteiger partial charge in [-0.1, -0.05) is 40.2 Å². The zero-order valence-electron chi connectivity index (χ0n) is 10.6. The third kappa shape index (κ3) is 3.35. The molecule has 2 unspecified atom stereocenters. The molecular formula is C14H19BrO2S. The molecule has 0 aliphatic carbocycles. The smallest absolute Gasteiger partial charge is 0.150 e. The third-order valence-electron chi connectivity index (χ3n) is 3.88. The van der Waals surface area contributed by atoms with Gasteiger partial charge in [0.15, 0.2) is 9.84 Å². The van der Waals surface area contributed by atoms with Crippen LogP contribution in [-0.4, -0.2) is 25.3 Å². The highest BCUT2D eigenvalue weighted by Gasteiger charge is 2.33. The van der Waals surface area contributed by atoms with Crippen molar-refractivity contribution in [1.29, 1.82) is 0 Å². The molecule has 0 bridgehead atoms. The number of sulfone groups is 1. The fourth-order valence-electron chi connectivity index (χ4n) is 2.66. The molecule has 1 aliphatic heterocycles. The Hall–Kier alpha value is -0.350. The maximum absolute atomic E-state index is 11.6. The summed E-state index contributed by atoms with van der Waals surface area (Å²) in [6.45, 7) is 2.12. The van der Waals surface area contributed by atoms with Crippen LogP contribution in [0.2, 0.25) is 0 Å². The first-order chi connectivity index (χ1) is 8.52. The molecular weight excluding hydrogens is 312 g/mol. The molecule has 1 saturated heterocycles. The van der Waals surface area contributed by atoms with Crippen LogP contribution in [0.5, 0.6) is 0 Å². The van der Waals surface area contributed by atoms with Gasteiger partial charge in [0.1, 0.15) is 0 Å². The molecule has 18 heavy (non-hydrogen) atoms. The molecule has 2 atom stereocenters. The molecule has 1 heterocycles. The van der Waals surface area contributed by atoms with E-state index in [9.17, 15) is 8.42 Å². The number of halogens is 1. The van der Waals surface area contributed by atoms with Crippen LogP contribution in [0.4, 0.5) is 0 Å². The molecule has 0 spiro atoms. The predicted molar refractivity (Wildman–Crippen MR) is 78.9 cm³/mol. The van der Waals surface area contributed by atoms with Gasteiger partial charge in [-0.3, -0.25) is 0 Å². The zero-order chi connectivity index (χ0) is 13.2. The van der Waals surface area contributed by atoms with Gasteiger partial charge >= 0.3 is 0 Å². The first kappa shape index (κ1) is 14.1. The number of aryl methyl sites for hydroxylation is 1. The molecule has 0 aromatic heterocycles. The summed E-state index contributed by atoms with van der Waals surface area (Å²) in [6.07, 6.45) is 1.79. The predicted octanol–water partition coefficient (Wildman–Crippen LogP) is 2.98. The van der Waals surface area contributed by atoms with Crippen LogP contribution < -0.4 is 0 Å². The Morgan fingerprint density at radius 1 is 1.39 bits per heavy atom. The standard InChI is InChI=1S/C14H19BrO2S/c1-11-4-2-3-5-12(11)8-14(9-15)13-6-7-18(16,17)10-13/h2-5,13-14H,6-10H2,1H3. The van der Waals surface area contributed by atoms with Gasteiger partial charge in [-0.25, -0.2) is 8.42 Å². The Kier molecular flexibility index (Phi) is 4.49. The van der Waals surface area contributed by atoms with E-state index in [1.54, 1.807) is 0 Å². The SMILES string of the molecule is Cc1ccccc1CC(CBr)C1CCS(=O)(=O)C1. The Morgan fingerprint density at radius 3 is 2.67 bits per heavy atom. The molecule has 1 fully saturated rings. The van der Waals surface area contributed by atoms with E-state index in [0.717, 1.165) is 18.2 Å². The minimum Gasteiger partial charge on any atom is -0.229 e. The van der Waals surface area contributed by atoms with Gasteiger partial charge in [0.05, 0.1) is 11.5 Å². The summed E-state index contributed by atoms with van der Waals surface area (Å²) in [5.74, 6) is 1.47. The largest absolute Gasteiger partial charge is 0.229 e. The number of alkyl halides is 1. The molecule has 0 saturated carbocycles. The number of hydrogen-bond acceptors (Lipinski definition) is 2. The van der Waals surface area contributed by atoms with Gasteiger partial charge in [0, 0.05) is 5.33 Å². The minimum atomic E-state index is -2.77. The molecule has 0 N–H and O–H groups in total. The van der Waals surface area contributed by atoms with E-state index < -0.39 is 9.84 Å². The van der Waals surface area contributed by atoms with E-state index in [2.05, 4.69) is 41.1 Å². The van der Waals surface area contributed by atoms with Crippen molar-refractivity contribution in [1.82, 2.24) is 0 Å². The number of rotatable bonds is 4. The summed E-state index contributed by atoms with van der Waals surface area (Å²) in [7, 11) is -2.77. The summed E-state index contributed by atoms with van der Waals surface area (Å²) in [5, 5.41) is 0.877. The van der Waals surface area contributed by atoms with Crippen LogP contribution in [0.15, 0.2) is 24.3 Å². The summed E-state index contributed by atoms with van der Waals surface area (Å²) < 4.78 is 23.1. The lowest BCUT2D eigenvalue weighted by molar-refractivity contribution is 0.401. The monoisotopic (exact) mass is 330 g/mol. The van der Waals surface area contributed by atoms with E-state index in [1.807, 2.05) is 6.07 Å². The van der Waals surface area contributed by atoms with Crippen LogP contribution in [0.25, 0.3) is 0 Å². The van der Waals surface area contributed by atoms with E-state index in [0.29, 0.717) is 23.3 Å². The molecule has 4 heteroatoms. The lowest BCUT2D eigenvalue weighted by Gasteiger charge is -2.21. The van der Waals surface area contributed by atoms with E-state index in [4.69, 9.17) is 0 Å². The Labute approximate surface area is 118 Å². The third-order valence-corrected chi connectivity index (χ3v) is 6.50. The highest BCUT2D eigenvalue weighted by molar-refractivity contribution is 9.09. The van der Waals surface area contributed by atoms with E-state index >= 15 is 0 Å². The highest BCUT2D eigenvalue weighted by atomic mass is 79.9. The lowest BCUT2D eigenvalue weighted by Crippen LogP contribution is -2.20. The molecule has 100 valence electrons. The summed E-state index contributed by atoms with van der Waals surface area (Å²) in [5.41, 5.74) is 2.63. The van der Waals surface area contributed by atoms with Crippen molar-refractivity contribution in [2.45, 2.75) is 19.8 Å². The quantitative estimate of drug-likeness (QED) is 0.795. The molecule has 1 aliphatic rings. The van der Waals surface area contributed by atoms with Crippen molar-refractivity contribution in [3.05, 3.63) is 35.4 Å². The molecule has 0 amide bonds. The second kappa shape index (κ2) is 5.74. The van der Waals surface area contributed by atoms with Gasteiger partial charge in [0.25, 0.3) is 0 Å².